The molecule has 0 saturated heterocycles. The van der Waals surface area contributed by atoms with Crippen LogP contribution in [-0.4, -0.2) is 42.8 Å². The Bertz CT molecular complexity index is 1010. The molecule has 11 heteroatoms. The lowest BCUT2D eigenvalue weighted by atomic mass is 10.2. The van der Waals surface area contributed by atoms with Crippen LogP contribution in [0.25, 0.3) is 0 Å². The number of aliphatic imine (C=N–C) groups is 1. The van der Waals surface area contributed by atoms with Crippen molar-refractivity contribution in [3.05, 3.63) is 48.0 Å². The zero-order valence-corrected chi connectivity index (χ0v) is 18.9. The fourth-order valence-electron chi connectivity index (χ4n) is 2.39. The van der Waals surface area contributed by atoms with E-state index in [-0.39, 0.29) is 24.0 Å². The second kappa shape index (κ2) is 11.7. The highest BCUT2D eigenvalue weighted by Gasteiger charge is 2.19. The molecule has 0 aliphatic heterocycles. The highest BCUT2D eigenvalue weighted by Crippen LogP contribution is 2.29. The summed E-state index contributed by atoms with van der Waals surface area (Å²) in [6.07, 6.45) is -1.65. The van der Waals surface area contributed by atoms with E-state index in [2.05, 4.69) is 30.4 Å². The number of ether oxygens (including phenoxy) is 2. The Hall–Kier alpha value is -3.57. The molecule has 1 unspecified atom stereocenters. The molecule has 0 aliphatic carbocycles. The van der Waals surface area contributed by atoms with Crippen molar-refractivity contribution in [2.75, 3.05) is 24.9 Å². The summed E-state index contributed by atoms with van der Waals surface area (Å²) < 4.78 is 22.1. The van der Waals surface area contributed by atoms with Gasteiger partial charge in [0.15, 0.2) is 9.79 Å². The summed E-state index contributed by atoms with van der Waals surface area (Å²) in [6.45, 7) is 3.61. The highest BCUT2D eigenvalue weighted by molar-refractivity contribution is 7.91. The van der Waals surface area contributed by atoms with Crippen LogP contribution in [0.15, 0.2) is 57.2 Å². The average Bonchev–Trinajstić information content (AvgIpc) is 2.79. The van der Waals surface area contributed by atoms with Crippen LogP contribution < -0.4 is 16.0 Å². The van der Waals surface area contributed by atoms with Crippen molar-refractivity contribution >= 4 is 46.6 Å². The summed E-state index contributed by atoms with van der Waals surface area (Å²) in [7, 11) is 2.27. The van der Waals surface area contributed by atoms with E-state index in [1.54, 1.807) is 31.2 Å². The lowest BCUT2D eigenvalue weighted by Crippen LogP contribution is -2.36. The number of hydrogen-bond acceptors (Lipinski definition) is 6. The number of methoxy groups -OCH3 is 2. The molecule has 32 heavy (non-hydrogen) atoms. The van der Waals surface area contributed by atoms with E-state index in [1.165, 1.54) is 6.07 Å². The molecule has 2 aromatic carbocycles. The van der Waals surface area contributed by atoms with E-state index in [1.807, 2.05) is 19.1 Å². The van der Waals surface area contributed by atoms with E-state index in [4.69, 9.17) is 0 Å². The molecule has 0 radical (unpaired) electrons. The van der Waals surface area contributed by atoms with Crippen molar-refractivity contribution < 1.29 is 28.4 Å². The second-order valence-corrected chi connectivity index (χ2v) is 7.84. The van der Waals surface area contributed by atoms with Gasteiger partial charge in [0.2, 0.25) is 11.9 Å². The van der Waals surface area contributed by atoms with Gasteiger partial charge in [-0.3, -0.25) is 10.1 Å². The molecule has 2 aromatic rings. The average molecular weight is 461 g/mol. The van der Waals surface area contributed by atoms with Gasteiger partial charge in [-0.1, -0.05) is 24.6 Å². The van der Waals surface area contributed by atoms with Crippen LogP contribution in [0.5, 0.6) is 0 Å². The molecule has 10 nitrogen and oxygen atoms in total. The quantitative estimate of drug-likeness (QED) is 0.353. The van der Waals surface area contributed by atoms with Gasteiger partial charge in [0, 0.05) is 23.7 Å². The van der Waals surface area contributed by atoms with E-state index < -0.39 is 23.4 Å². The van der Waals surface area contributed by atoms with E-state index in [9.17, 15) is 18.9 Å². The lowest BCUT2D eigenvalue weighted by Gasteiger charge is -2.17. The normalized spacial score (nSPS) is 11.8. The van der Waals surface area contributed by atoms with Gasteiger partial charge < -0.3 is 24.7 Å². The minimum Gasteiger partial charge on any atom is -0.606 e. The molecular formula is C21H24N4O6S. The van der Waals surface area contributed by atoms with Crippen molar-refractivity contribution in [2.24, 2.45) is 4.99 Å². The van der Waals surface area contributed by atoms with Gasteiger partial charge in [-0.15, -0.1) is 4.99 Å². The van der Waals surface area contributed by atoms with E-state index >= 15 is 0 Å². The zero-order chi connectivity index (χ0) is 23.7. The smallest absolute Gasteiger partial charge is 0.436 e. The molecule has 0 spiro atoms. The lowest BCUT2D eigenvalue weighted by molar-refractivity contribution is -0.115. The molecule has 0 aromatic heterocycles. The molecule has 0 aliphatic rings. The van der Waals surface area contributed by atoms with Gasteiger partial charge in [0.05, 0.1) is 25.6 Å². The summed E-state index contributed by atoms with van der Waals surface area (Å²) in [4.78, 5) is 39.8. The predicted molar refractivity (Wildman–Crippen MR) is 120 cm³/mol. The summed E-state index contributed by atoms with van der Waals surface area (Å²) in [5, 5.41) is 7.70. The van der Waals surface area contributed by atoms with E-state index in [0.29, 0.717) is 15.5 Å². The van der Waals surface area contributed by atoms with Crippen molar-refractivity contribution in [3.63, 3.8) is 0 Å². The summed E-state index contributed by atoms with van der Waals surface area (Å²) in [5.74, 6) is -0.582. The van der Waals surface area contributed by atoms with Crippen LogP contribution in [0, 0.1) is 6.92 Å². The number of carbonyl (C=O) groups is 3. The third-order valence-electron chi connectivity index (χ3n) is 4.07. The highest BCUT2D eigenvalue weighted by atomic mass is 32.2. The number of benzene rings is 2. The Kier molecular flexibility index (Phi) is 9.05. The molecule has 3 N–H and O–H groups in total. The molecule has 1 atom stereocenters. The molecule has 2 rings (SSSR count). The van der Waals surface area contributed by atoms with Crippen molar-refractivity contribution in [3.8, 4) is 0 Å². The minimum absolute atomic E-state index is 0.222. The number of amides is 3. The summed E-state index contributed by atoms with van der Waals surface area (Å²) in [6, 6.07) is 11.9. The van der Waals surface area contributed by atoms with Gasteiger partial charge in [0.25, 0.3) is 0 Å². The van der Waals surface area contributed by atoms with Gasteiger partial charge in [-0.25, -0.2) is 9.59 Å². The van der Waals surface area contributed by atoms with Crippen LogP contribution >= 0.6 is 0 Å². The van der Waals surface area contributed by atoms with Gasteiger partial charge in [0.1, 0.15) is 0 Å². The number of anilines is 2. The SMILES string of the molecule is CCC(=O)Nc1ccc([S+]([O-])c2ccc(C)cc2)cc1NC(=NC(=O)OC)NC(=O)OC. The maximum atomic E-state index is 13.0. The number of nitrogens with zero attached hydrogens (tertiary/aromatic N) is 1. The monoisotopic (exact) mass is 460 g/mol. The minimum atomic E-state index is -1.52. The third kappa shape index (κ3) is 7.00. The standard InChI is InChI=1S/C21H24N4O6S/c1-5-18(26)22-16-11-10-15(32(29)14-8-6-13(2)7-9-14)12-17(16)23-19(24-20(27)30-3)25-21(28)31-4/h6-12H,5H2,1-4H3,(H,22,26)(H2,23,24,25,27,28). The number of aryl methyl sites for hydroxylation is 1. The Morgan fingerprint density at radius 2 is 1.62 bits per heavy atom. The molecule has 0 bridgehead atoms. The van der Waals surface area contributed by atoms with Crippen LogP contribution in [-0.2, 0) is 25.4 Å². The number of rotatable bonds is 5. The van der Waals surface area contributed by atoms with Gasteiger partial charge in [-0.05, 0) is 31.2 Å². The molecule has 0 fully saturated rings. The largest absolute Gasteiger partial charge is 0.606 e. The Morgan fingerprint density at radius 1 is 0.969 bits per heavy atom. The molecule has 0 heterocycles. The first-order valence-electron chi connectivity index (χ1n) is 9.48. The fraction of sp³-hybridized carbons (Fsp3) is 0.238. The first kappa shape index (κ1) is 24.7. The zero-order valence-electron chi connectivity index (χ0n) is 18.1. The number of nitrogens with one attached hydrogen (secondary N) is 3. The van der Waals surface area contributed by atoms with Crippen LogP contribution in [0.4, 0.5) is 21.0 Å². The molecule has 0 saturated carbocycles. The first-order chi connectivity index (χ1) is 15.3. The first-order valence-corrected chi connectivity index (χ1v) is 10.6. The molecular weight excluding hydrogens is 436 g/mol. The number of hydrogen-bond donors (Lipinski definition) is 3. The third-order valence-corrected chi connectivity index (χ3v) is 5.45. The predicted octanol–water partition coefficient (Wildman–Crippen LogP) is 3.40. The van der Waals surface area contributed by atoms with Crippen molar-refractivity contribution in [1.29, 1.82) is 0 Å². The Balaban J connectivity index is 2.46. The second-order valence-electron chi connectivity index (χ2n) is 6.36. The van der Waals surface area contributed by atoms with Crippen LogP contribution in [0.3, 0.4) is 0 Å². The van der Waals surface area contributed by atoms with Crippen molar-refractivity contribution in [2.45, 2.75) is 30.1 Å². The number of alkyl carbamates (subject to hydrolysis) is 1. The fourth-order valence-corrected chi connectivity index (χ4v) is 3.46. The Morgan fingerprint density at radius 3 is 2.22 bits per heavy atom. The van der Waals surface area contributed by atoms with Gasteiger partial charge >= 0.3 is 12.2 Å². The maximum absolute atomic E-state index is 13.0. The van der Waals surface area contributed by atoms with Crippen LogP contribution in [0.1, 0.15) is 18.9 Å². The summed E-state index contributed by atoms with van der Waals surface area (Å²) in [5.41, 5.74) is 1.60. The maximum Gasteiger partial charge on any atom is 0.436 e. The van der Waals surface area contributed by atoms with Crippen LogP contribution in [0.2, 0.25) is 0 Å². The van der Waals surface area contributed by atoms with Crippen molar-refractivity contribution in [1.82, 2.24) is 5.32 Å². The van der Waals surface area contributed by atoms with E-state index in [0.717, 1.165) is 19.8 Å². The van der Waals surface area contributed by atoms with Gasteiger partial charge in [-0.2, -0.15) is 0 Å². The Labute approximate surface area is 188 Å². The molecule has 170 valence electrons. The topological polar surface area (TPSA) is 141 Å². The number of guanidine groups is 1. The number of carbonyl (C=O) groups excluding carboxylic acids is 3. The molecule has 3 amide bonds. The summed E-state index contributed by atoms with van der Waals surface area (Å²) >= 11 is -1.52.